The van der Waals surface area contributed by atoms with Crippen molar-refractivity contribution < 1.29 is 0 Å². The highest BCUT2D eigenvalue weighted by atomic mass is 15.7. The minimum Gasteiger partial charge on any atom is -0.341 e. The molecule has 60 valence electrons. The van der Waals surface area contributed by atoms with Gasteiger partial charge in [-0.25, -0.2) is 10.5 Å². The molecule has 1 N–H and O–H groups in total. The zero-order valence-corrected chi connectivity index (χ0v) is 6.44. The Labute approximate surface area is 70.1 Å². The second-order valence-corrected chi connectivity index (χ2v) is 2.89. The Morgan fingerprint density at radius 1 is 1.33 bits per heavy atom. The van der Waals surface area contributed by atoms with E-state index in [-0.39, 0.29) is 0 Å². The lowest BCUT2D eigenvalue weighted by atomic mass is 10.3. The summed E-state index contributed by atoms with van der Waals surface area (Å²) in [5, 5.41) is 5.85. The van der Waals surface area contributed by atoms with Crippen molar-refractivity contribution >= 4 is 6.21 Å². The quantitative estimate of drug-likeness (QED) is 0.555. The summed E-state index contributed by atoms with van der Waals surface area (Å²) in [7, 11) is 0. The standard InChI is InChI=1S/C8H8N4/c1-2-7-6-12-8(4-9-10-12)5-11(7)3-1/h1-2,4-6,10H,3H2. The van der Waals surface area contributed by atoms with E-state index in [4.69, 9.17) is 0 Å². The third-order valence-electron chi connectivity index (χ3n) is 2.11. The Bertz CT molecular complexity index is 303. The molecule has 0 aromatic rings. The maximum Gasteiger partial charge on any atom is 0.100 e. The molecule has 4 heteroatoms. The van der Waals surface area contributed by atoms with Crippen LogP contribution in [0.4, 0.5) is 0 Å². The first-order valence-corrected chi connectivity index (χ1v) is 3.88. The summed E-state index contributed by atoms with van der Waals surface area (Å²) in [5.74, 6) is 0. The van der Waals surface area contributed by atoms with Crippen LogP contribution in [0.5, 0.6) is 0 Å². The van der Waals surface area contributed by atoms with Crippen LogP contribution in [0.3, 0.4) is 0 Å². The van der Waals surface area contributed by atoms with Crippen LogP contribution >= 0.6 is 0 Å². The number of fused-ring (bicyclic) bond motifs is 2. The molecule has 0 saturated carbocycles. The van der Waals surface area contributed by atoms with Crippen molar-refractivity contribution in [2.45, 2.75) is 0 Å². The fourth-order valence-corrected chi connectivity index (χ4v) is 1.50. The first-order valence-electron chi connectivity index (χ1n) is 3.88. The van der Waals surface area contributed by atoms with Crippen molar-refractivity contribution in [1.82, 2.24) is 15.4 Å². The van der Waals surface area contributed by atoms with E-state index in [1.165, 1.54) is 5.70 Å². The number of rotatable bonds is 0. The lowest BCUT2D eigenvalue weighted by Crippen LogP contribution is -2.29. The number of hydrazine groups is 1. The molecule has 3 heterocycles. The van der Waals surface area contributed by atoms with E-state index < -0.39 is 0 Å². The van der Waals surface area contributed by atoms with Crippen LogP contribution in [0.2, 0.25) is 0 Å². The van der Waals surface area contributed by atoms with Gasteiger partial charge in [0, 0.05) is 12.7 Å². The van der Waals surface area contributed by atoms with Gasteiger partial charge in [0.15, 0.2) is 0 Å². The maximum absolute atomic E-state index is 3.94. The lowest BCUT2D eigenvalue weighted by Gasteiger charge is -2.25. The van der Waals surface area contributed by atoms with Crippen LogP contribution in [0, 0.1) is 0 Å². The predicted octanol–water partition coefficient (Wildman–Crippen LogP) is 0.361. The molecule has 0 saturated heterocycles. The highest BCUT2D eigenvalue weighted by molar-refractivity contribution is 5.79. The van der Waals surface area contributed by atoms with Gasteiger partial charge in [-0.3, -0.25) is 0 Å². The first-order chi connectivity index (χ1) is 5.93. The number of nitrogens with one attached hydrogen (secondary N) is 1. The molecule has 0 radical (unpaired) electrons. The van der Waals surface area contributed by atoms with Gasteiger partial charge in [-0.15, -0.1) is 0 Å². The fourth-order valence-electron chi connectivity index (χ4n) is 1.50. The van der Waals surface area contributed by atoms with E-state index in [0.717, 1.165) is 12.2 Å². The van der Waals surface area contributed by atoms with Crippen molar-refractivity contribution in [2.24, 2.45) is 5.10 Å². The topological polar surface area (TPSA) is 30.9 Å². The van der Waals surface area contributed by atoms with Gasteiger partial charge in [0.05, 0.1) is 18.1 Å². The molecule has 0 aliphatic carbocycles. The van der Waals surface area contributed by atoms with Gasteiger partial charge in [-0.05, 0) is 6.08 Å². The van der Waals surface area contributed by atoms with E-state index in [2.05, 4.69) is 33.9 Å². The third kappa shape index (κ3) is 0.637. The number of hydrogen-bond acceptors (Lipinski definition) is 4. The van der Waals surface area contributed by atoms with Crippen LogP contribution in [0.1, 0.15) is 0 Å². The number of hydrogen-bond donors (Lipinski definition) is 1. The lowest BCUT2D eigenvalue weighted by molar-refractivity contribution is 0.350. The van der Waals surface area contributed by atoms with Gasteiger partial charge in [0.1, 0.15) is 5.70 Å². The van der Waals surface area contributed by atoms with E-state index in [0.29, 0.717) is 0 Å². The van der Waals surface area contributed by atoms with E-state index in [1.54, 1.807) is 0 Å². The Balaban J connectivity index is 2.03. The minimum atomic E-state index is 0.969. The highest BCUT2D eigenvalue weighted by Gasteiger charge is 2.21. The fraction of sp³-hybridized carbons (Fsp3) is 0.125. The van der Waals surface area contributed by atoms with Crippen LogP contribution < -0.4 is 5.53 Å². The zero-order valence-electron chi connectivity index (χ0n) is 6.44. The molecule has 0 fully saturated rings. The maximum atomic E-state index is 3.94. The van der Waals surface area contributed by atoms with E-state index in [9.17, 15) is 0 Å². The third-order valence-corrected chi connectivity index (χ3v) is 2.11. The van der Waals surface area contributed by atoms with E-state index >= 15 is 0 Å². The summed E-state index contributed by atoms with van der Waals surface area (Å²) >= 11 is 0. The second-order valence-electron chi connectivity index (χ2n) is 2.89. The van der Waals surface area contributed by atoms with Gasteiger partial charge >= 0.3 is 0 Å². The Morgan fingerprint density at radius 3 is 3.33 bits per heavy atom. The monoisotopic (exact) mass is 160 g/mol. The molecule has 0 aromatic heterocycles. The molecule has 0 amide bonds. The van der Waals surface area contributed by atoms with Crippen LogP contribution in [0.15, 0.2) is 41.0 Å². The average molecular weight is 160 g/mol. The van der Waals surface area contributed by atoms with Crippen molar-refractivity contribution in [1.29, 1.82) is 0 Å². The summed E-state index contributed by atoms with van der Waals surface area (Å²) in [6.45, 7) is 0.969. The zero-order chi connectivity index (χ0) is 7.97. The highest BCUT2D eigenvalue weighted by Crippen LogP contribution is 2.22. The van der Waals surface area contributed by atoms with Crippen molar-refractivity contribution in [2.75, 3.05) is 6.54 Å². The van der Waals surface area contributed by atoms with Crippen LogP contribution in [-0.4, -0.2) is 22.7 Å². The summed E-state index contributed by atoms with van der Waals surface area (Å²) in [6, 6.07) is 0. The van der Waals surface area contributed by atoms with Gasteiger partial charge < -0.3 is 4.90 Å². The number of nitrogens with zero attached hydrogens (tertiary/aromatic N) is 3. The first kappa shape index (κ1) is 5.88. The molecule has 4 nitrogen and oxygen atoms in total. The Kier molecular flexibility index (Phi) is 0.935. The average Bonchev–Trinajstić information content (AvgIpc) is 2.64. The molecule has 3 rings (SSSR count). The molecule has 12 heavy (non-hydrogen) atoms. The molecule has 0 atom stereocenters. The van der Waals surface area contributed by atoms with Crippen LogP contribution in [-0.2, 0) is 0 Å². The molecule has 0 aromatic carbocycles. The van der Waals surface area contributed by atoms with E-state index in [1.807, 2.05) is 17.4 Å². The molecular formula is C8H8N4. The molecule has 0 unspecified atom stereocenters. The normalized spacial score (nSPS) is 23.3. The smallest absolute Gasteiger partial charge is 0.100 e. The summed E-state index contributed by atoms with van der Waals surface area (Å²) in [6.07, 6.45) is 10.2. The Morgan fingerprint density at radius 2 is 2.33 bits per heavy atom. The van der Waals surface area contributed by atoms with Crippen molar-refractivity contribution in [3.8, 4) is 0 Å². The van der Waals surface area contributed by atoms with Gasteiger partial charge in [0.2, 0.25) is 0 Å². The molecule has 0 spiro atoms. The van der Waals surface area contributed by atoms with Gasteiger partial charge in [-0.1, -0.05) is 6.08 Å². The SMILES string of the molecule is C1=CC2=CN3NN=CC3=CN2C1. The predicted molar refractivity (Wildman–Crippen MR) is 45.5 cm³/mol. The molecule has 3 aliphatic rings. The summed E-state index contributed by atoms with van der Waals surface area (Å²) in [5.41, 5.74) is 5.16. The van der Waals surface area contributed by atoms with Crippen molar-refractivity contribution in [3.63, 3.8) is 0 Å². The molecular weight excluding hydrogens is 152 g/mol. The minimum absolute atomic E-state index is 0.969. The number of allylic oxidation sites excluding steroid dienone is 2. The van der Waals surface area contributed by atoms with Crippen LogP contribution in [0.25, 0.3) is 0 Å². The largest absolute Gasteiger partial charge is 0.341 e. The number of hydrazone groups is 1. The van der Waals surface area contributed by atoms with Crippen molar-refractivity contribution in [3.05, 3.63) is 35.9 Å². The van der Waals surface area contributed by atoms with Gasteiger partial charge in [0.25, 0.3) is 0 Å². The van der Waals surface area contributed by atoms with Gasteiger partial charge in [-0.2, -0.15) is 5.10 Å². The molecule has 0 bridgehead atoms. The summed E-state index contributed by atoms with van der Waals surface area (Å²) < 4.78 is 0. The molecule has 3 aliphatic heterocycles. The Hall–Kier alpha value is -1.71. The summed E-state index contributed by atoms with van der Waals surface area (Å²) in [4.78, 5) is 2.19. The second kappa shape index (κ2) is 1.91.